The molecule has 0 amide bonds. The lowest BCUT2D eigenvalue weighted by Crippen LogP contribution is -1.85. The van der Waals surface area contributed by atoms with E-state index in [1.807, 2.05) is 37.5 Å². The molecule has 0 aliphatic heterocycles. The Labute approximate surface area is 175 Å². The highest BCUT2D eigenvalue weighted by molar-refractivity contribution is 6.00. The summed E-state index contributed by atoms with van der Waals surface area (Å²) in [7, 11) is 1.87. The lowest BCUT2D eigenvalue weighted by Gasteiger charge is -2.02. The van der Waals surface area contributed by atoms with Gasteiger partial charge in [0, 0.05) is 35.8 Å². The lowest BCUT2D eigenvalue weighted by atomic mass is 10.0. The summed E-state index contributed by atoms with van der Waals surface area (Å²) in [5.74, 6) is -0.271. The molecule has 8 heteroatoms. The average Bonchev–Trinajstić information content (AvgIpc) is 3.50. The molecule has 6 rings (SSSR count). The maximum atomic E-state index is 13.8. The molecule has 0 bridgehead atoms. The van der Waals surface area contributed by atoms with Gasteiger partial charge >= 0.3 is 0 Å². The molecule has 0 unspecified atom stereocenters. The molecule has 7 nitrogen and oxygen atoms in total. The van der Waals surface area contributed by atoms with Crippen molar-refractivity contribution in [3.8, 4) is 33.8 Å². The second kappa shape index (κ2) is 6.60. The largest absolute Gasteiger partial charge is 0.338 e. The molecule has 0 spiro atoms. The number of hydrogen-bond acceptors (Lipinski definition) is 4. The van der Waals surface area contributed by atoms with Crippen molar-refractivity contribution in [2.24, 2.45) is 7.05 Å². The van der Waals surface area contributed by atoms with E-state index < -0.39 is 0 Å². The van der Waals surface area contributed by atoms with Crippen LogP contribution in [0.2, 0.25) is 0 Å². The van der Waals surface area contributed by atoms with Crippen LogP contribution in [0.25, 0.3) is 55.7 Å². The zero-order valence-electron chi connectivity index (χ0n) is 16.5. The minimum Gasteiger partial charge on any atom is -0.338 e. The first-order chi connectivity index (χ1) is 15.2. The fourth-order valence-electron chi connectivity index (χ4n) is 3.90. The molecule has 2 N–H and O–H groups in total. The summed E-state index contributed by atoms with van der Waals surface area (Å²) in [4.78, 5) is 12.3. The van der Waals surface area contributed by atoms with Crippen molar-refractivity contribution in [2.75, 3.05) is 0 Å². The number of rotatable bonds is 3. The van der Waals surface area contributed by atoms with Crippen molar-refractivity contribution < 1.29 is 4.39 Å². The molecule has 1 aromatic carbocycles. The Morgan fingerprint density at radius 3 is 2.74 bits per heavy atom. The van der Waals surface area contributed by atoms with E-state index >= 15 is 0 Å². The van der Waals surface area contributed by atoms with Crippen LogP contribution in [0.1, 0.15) is 0 Å². The number of nitrogens with one attached hydrogen (secondary N) is 2. The van der Waals surface area contributed by atoms with Crippen molar-refractivity contribution in [3.05, 3.63) is 73.1 Å². The Morgan fingerprint density at radius 1 is 0.968 bits per heavy atom. The predicted octanol–water partition coefficient (Wildman–Crippen LogP) is 4.71. The summed E-state index contributed by atoms with van der Waals surface area (Å²) < 4.78 is 15.5. The number of hydrogen-bond donors (Lipinski definition) is 2. The molecule has 0 radical (unpaired) electrons. The van der Waals surface area contributed by atoms with Gasteiger partial charge in [-0.2, -0.15) is 10.2 Å². The number of aromatic amines is 2. The molecule has 5 heterocycles. The number of fused-ring (bicyclic) bond motifs is 2. The summed E-state index contributed by atoms with van der Waals surface area (Å²) in [6.45, 7) is 0. The van der Waals surface area contributed by atoms with Crippen LogP contribution in [0.4, 0.5) is 4.39 Å². The summed E-state index contributed by atoms with van der Waals surface area (Å²) in [5.41, 5.74) is 6.60. The first-order valence-electron chi connectivity index (χ1n) is 9.73. The third-order valence-corrected chi connectivity index (χ3v) is 5.37. The van der Waals surface area contributed by atoms with Gasteiger partial charge in [-0.25, -0.2) is 9.37 Å². The summed E-state index contributed by atoms with van der Waals surface area (Å²) >= 11 is 0. The Bertz CT molecular complexity index is 1570. The van der Waals surface area contributed by atoms with E-state index in [0.29, 0.717) is 0 Å². The van der Waals surface area contributed by atoms with Gasteiger partial charge in [-0.05, 0) is 41.5 Å². The van der Waals surface area contributed by atoms with Gasteiger partial charge in [0.25, 0.3) is 0 Å². The molecule has 0 saturated carbocycles. The molecule has 0 fully saturated rings. The molecule has 6 aromatic rings. The van der Waals surface area contributed by atoms with Crippen molar-refractivity contribution in [1.82, 2.24) is 34.9 Å². The molecular formula is C23H16FN7. The molecule has 31 heavy (non-hydrogen) atoms. The quantitative estimate of drug-likeness (QED) is 0.443. The second-order valence-electron chi connectivity index (χ2n) is 7.40. The number of nitrogens with zero attached hydrogens (tertiary/aromatic N) is 5. The summed E-state index contributed by atoms with van der Waals surface area (Å²) in [6.07, 6.45) is 7.20. The average molecular weight is 409 g/mol. The predicted molar refractivity (Wildman–Crippen MR) is 117 cm³/mol. The first kappa shape index (κ1) is 17.5. The van der Waals surface area contributed by atoms with Crippen LogP contribution in [-0.4, -0.2) is 34.9 Å². The van der Waals surface area contributed by atoms with Crippen LogP contribution >= 0.6 is 0 Å². The maximum absolute atomic E-state index is 13.8. The van der Waals surface area contributed by atoms with Crippen LogP contribution in [0.5, 0.6) is 0 Å². The normalized spacial score (nSPS) is 11.5. The molecule has 150 valence electrons. The van der Waals surface area contributed by atoms with Gasteiger partial charge in [-0.15, -0.1) is 0 Å². The Morgan fingerprint density at radius 2 is 1.90 bits per heavy atom. The maximum Gasteiger partial charge on any atom is 0.138 e. The van der Waals surface area contributed by atoms with Crippen LogP contribution < -0.4 is 0 Å². The van der Waals surface area contributed by atoms with Gasteiger partial charge in [0.1, 0.15) is 17.2 Å². The highest BCUT2D eigenvalue weighted by atomic mass is 19.1. The summed E-state index contributed by atoms with van der Waals surface area (Å²) in [5, 5.41) is 13.6. The van der Waals surface area contributed by atoms with Crippen molar-refractivity contribution in [1.29, 1.82) is 0 Å². The number of pyridine rings is 2. The Kier molecular flexibility index (Phi) is 3.73. The van der Waals surface area contributed by atoms with Gasteiger partial charge in [0.15, 0.2) is 0 Å². The Hall–Kier alpha value is -4.33. The van der Waals surface area contributed by atoms with Crippen molar-refractivity contribution in [3.63, 3.8) is 0 Å². The summed E-state index contributed by atoms with van der Waals surface area (Å²) in [6, 6.07) is 12.5. The minimum atomic E-state index is -0.271. The van der Waals surface area contributed by atoms with Crippen LogP contribution in [-0.2, 0) is 7.05 Å². The van der Waals surface area contributed by atoms with Gasteiger partial charge in [0.2, 0.25) is 0 Å². The molecule has 5 aromatic heterocycles. The highest BCUT2D eigenvalue weighted by Crippen LogP contribution is 2.34. The number of aryl methyl sites for hydroxylation is 1. The highest BCUT2D eigenvalue weighted by Gasteiger charge is 2.15. The standard InChI is InChI=1S/C23H16FN7/c1-31-12-14(10-27-31)19-9-18-21(11-26-19)29-30-22(18)20-8-17-16(5-6-25-23(17)28-20)13-3-2-4-15(24)7-13/h2-12H,1H3,(H,25,28)(H,29,30). The zero-order chi connectivity index (χ0) is 20.9. The van der Waals surface area contributed by atoms with Gasteiger partial charge < -0.3 is 4.98 Å². The van der Waals surface area contributed by atoms with Gasteiger partial charge in [-0.3, -0.25) is 14.8 Å². The second-order valence-corrected chi connectivity index (χ2v) is 7.40. The van der Waals surface area contributed by atoms with Crippen LogP contribution in [0.15, 0.2) is 67.3 Å². The lowest BCUT2D eigenvalue weighted by molar-refractivity contribution is 0.628. The van der Waals surface area contributed by atoms with E-state index in [9.17, 15) is 4.39 Å². The smallest absolute Gasteiger partial charge is 0.138 e. The topological polar surface area (TPSA) is 88.1 Å². The number of benzene rings is 1. The zero-order valence-corrected chi connectivity index (χ0v) is 16.5. The van der Waals surface area contributed by atoms with E-state index in [-0.39, 0.29) is 5.82 Å². The van der Waals surface area contributed by atoms with E-state index in [4.69, 9.17) is 0 Å². The molecule has 0 aliphatic carbocycles. The van der Waals surface area contributed by atoms with E-state index in [1.165, 1.54) is 12.1 Å². The van der Waals surface area contributed by atoms with Crippen LogP contribution in [0.3, 0.4) is 0 Å². The van der Waals surface area contributed by atoms with E-state index in [0.717, 1.165) is 55.7 Å². The molecule has 0 saturated heterocycles. The SMILES string of the molecule is Cn1cc(-c2cc3c(-c4cc5c(-c6cccc(F)c6)ccnc5[nH]4)n[nH]c3cn2)cn1. The molecular weight excluding hydrogens is 393 g/mol. The minimum absolute atomic E-state index is 0.271. The first-order valence-corrected chi connectivity index (χ1v) is 9.73. The molecule has 0 atom stereocenters. The fourth-order valence-corrected chi connectivity index (χ4v) is 3.90. The third-order valence-electron chi connectivity index (χ3n) is 5.37. The number of halogens is 1. The van der Waals surface area contributed by atoms with E-state index in [1.54, 1.807) is 29.3 Å². The van der Waals surface area contributed by atoms with Crippen molar-refractivity contribution in [2.45, 2.75) is 0 Å². The monoisotopic (exact) mass is 409 g/mol. The third kappa shape index (κ3) is 2.88. The van der Waals surface area contributed by atoms with Crippen molar-refractivity contribution >= 4 is 21.9 Å². The number of H-pyrrole nitrogens is 2. The van der Waals surface area contributed by atoms with Gasteiger partial charge in [0.05, 0.1) is 29.3 Å². The fraction of sp³-hybridized carbons (Fsp3) is 0.0435. The van der Waals surface area contributed by atoms with Gasteiger partial charge in [-0.1, -0.05) is 12.1 Å². The molecule has 0 aliphatic rings. The number of aromatic nitrogens is 7. The van der Waals surface area contributed by atoms with Crippen LogP contribution in [0, 0.1) is 5.82 Å². The Balaban J connectivity index is 1.51. The van der Waals surface area contributed by atoms with E-state index in [2.05, 4.69) is 30.2 Å².